The smallest absolute Gasteiger partial charge is 0.294 e. The highest BCUT2D eigenvalue weighted by molar-refractivity contribution is 6.09. The summed E-state index contributed by atoms with van der Waals surface area (Å²) >= 11 is 0. The molecule has 4 rings (SSSR count). The first-order valence-corrected chi connectivity index (χ1v) is 9.95. The number of allylic oxidation sites excluding steroid dienone is 2. The molecule has 2 aliphatic rings. The van der Waals surface area contributed by atoms with Crippen molar-refractivity contribution < 1.29 is 38.1 Å². The number of hydrogen-bond acceptors (Lipinski definition) is 6. The average molecular weight is 402 g/mol. The molecule has 0 spiro atoms. The predicted molar refractivity (Wildman–Crippen MR) is 92.6 cm³/mol. The van der Waals surface area contributed by atoms with Crippen molar-refractivity contribution in [3.8, 4) is 0 Å². The molecular formula is C20H18ClN2O5+. The van der Waals surface area contributed by atoms with Gasteiger partial charge in [0.15, 0.2) is 22.6 Å². The van der Waals surface area contributed by atoms with E-state index in [1.807, 2.05) is 49.4 Å². The van der Waals surface area contributed by atoms with Crippen molar-refractivity contribution in [2.75, 3.05) is 13.1 Å². The van der Waals surface area contributed by atoms with Crippen LogP contribution in [-0.4, -0.2) is 34.3 Å². The maximum Gasteiger partial charge on any atom is 0.330 e. The summed E-state index contributed by atoms with van der Waals surface area (Å²) in [4.78, 5) is 15.0. The maximum atomic E-state index is 13.3. The van der Waals surface area contributed by atoms with Gasteiger partial charge in [0.1, 0.15) is 16.9 Å². The van der Waals surface area contributed by atoms with E-state index in [-0.39, 0.29) is 12.3 Å². The van der Waals surface area contributed by atoms with Crippen LogP contribution in [0, 0.1) is 16.2 Å². The molecule has 2 aromatic carbocycles. The van der Waals surface area contributed by atoms with Gasteiger partial charge in [-0.1, -0.05) is 42.5 Å². The summed E-state index contributed by atoms with van der Waals surface area (Å²) in [5.41, 5.74) is 1.43. The summed E-state index contributed by atoms with van der Waals surface area (Å²) in [5, 5.41) is 1.78. The highest BCUT2D eigenvalue weighted by Gasteiger charge is 2.43. The topological polar surface area (TPSA) is 102 Å². The number of nitrogens with zero attached hydrogens (tertiary/aromatic N) is 2. The third-order valence-corrected chi connectivity index (χ3v) is 5.16. The predicted octanol–water partition coefficient (Wildman–Crippen LogP) is -0.332. The first kappa shape index (κ1) is 18.6. The minimum Gasteiger partial charge on any atom is -0.294 e. The second kappa shape index (κ2) is 7.03. The van der Waals surface area contributed by atoms with Crippen molar-refractivity contribution in [2.45, 2.75) is 6.92 Å². The Morgan fingerprint density at radius 1 is 1.18 bits per heavy atom. The van der Waals surface area contributed by atoms with Crippen molar-refractivity contribution in [2.24, 2.45) is 5.92 Å². The van der Waals surface area contributed by atoms with E-state index in [0.717, 1.165) is 21.1 Å². The fourth-order valence-corrected chi connectivity index (χ4v) is 3.90. The lowest BCUT2D eigenvalue weighted by molar-refractivity contribution is -1.94. The van der Waals surface area contributed by atoms with Gasteiger partial charge in [0, 0.05) is 11.6 Å². The van der Waals surface area contributed by atoms with Gasteiger partial charge in [-0.25, -0.2) is 4.90 Å². The van der Waals surface area contributed by atoms with E-state index >= 15 is 0 Å². The molecule has 0 aliphatic carbocycles. The van der Waals surface area contributed by atoms with Crippen molar-refractivity contribution in [1.29, 1.82) is 0 Å². The Balaban J connectivity index is 1.72. The molecule has 0 saturated heterocycles. The van der Waals surface area contributed by atoms with Crippen LogP contribution in [0.5, 0.6) is 0 Å². The molecular weight excluding hydrogens is 384 g/mol. The zero-order chi connectivity index (χ0) is 19.9. The van der Waals surface area contributed by atoms with Crippen molar-refractivity contribution in [3.05, 3.63) is 72.0 Å². The number of hydrogen-bond donors (Lipinski definition) is 0. The van der Waals surface area contributed by atoms with Crippen LogP contribution >= 0.6 is 0 Å². The van der Waals surface area contributed by atoms with Crippen LogP contribution in [0.25, 0.3) is 10.8 Å². The summed E-state index contributed by atoms with van der Waals surface area (Å²) < 4.78 is 39.1. The van der Waals surface area contributed by atoms with Gasteiger partial charge < -0.3 is 0 Å². The third kappa shape index (κ3) is 3.65. The number of rotatable bonds is 4. The first-order valence-electron chi connectivity index (χ1n) is 8.72. The summed E-state index contributed by atoms with van der Waals surface area (Å²) in [5.74, 6) is -0.305. The molecule has 0 aromatic heterocycles. The molecule has 0 fully saturated rings. The quantitative estimate of drug-likeness (QED) is 0.513. The zero-order valence-corrected chi connectivity index (χ0v) is 15.8. The van der Waals surface area contributed by atoms with Crippen LogP contribution < -0.4 is 14.0 Å². The van der Waals surface area contributed by atoms with Crippen LogP contribution in [0.4, 0.5) is 0 Å². The van der Waals surface area contributed by atoms with E-state index in [4.69, 9.17) is 0 Å². The number of fused-ring (bicyclic) bond motifs is 2. The first-order chi connectivity index (χ1) is 13.3. The highest BCUT2D eigenvalue weighted by atomic mass is 35.7. The van der Waals surface area contributed by atoms with E-state index in [9.17, 15) is 18.8 Å². The number of carbonyl (C=O) groups is 1. The number of carbonyl (C=O) groups excluding carboxylic acids is 1. The Morgan fingerprint density at radius 2 is 1.93 bits per heavy atom. The van der Waals surface area contributed by atoms with Gasteiger partial charge in [-0.2, -0.15) is 14.0 Å². The normalized spacial score (nSPS) is 19.5. The molecule has 1 atom stereocenters. The van der Waals surface area contributed by atoms with Crippen LogP contribution in [0.1, 0.15) is 17.3 Å². The summed E-state index contributed by atoms with van der Waals surface area (Å²) in [6.45, 7) is 2.16. The van der Waals surface area contributed by atoms with E-state index in [2.05, 4.69) is 4.39 Å². The molecule has 0 radical (unpaired) electrons. The maximum absolute atomic E-state index is 13.3. The number of ketones is 1. The number of hydroxylamine groups is 1. The van der Waals surface area contributed by atoms with E-state index in [1.165, 1.54) is 0 Å². The number of benzene rings is 2. The third-order valence-electron chi connectivity index (χ3n) is 4.82. The molecule has 7 nitrogen and oxygen atoms in total. The Bertz CT molecular complexity index is 1030. The van der Waals surface area contributed by atoms with Crippen molar-refractivity contribution in [3.63, 3.8) is 0 Å². The minimum absolute atomic E-state index is 0.0417. The monoisotopic (exact) mass is 401 g/mol. The van der Waals surface area contributed by atoms with Gasteiger partial charge in [-0.05, 0) is 29.3 Å². The zero-order valence-electron chi connectivity index (χ0n) is 15.1. The van der Waals surface area contributed by atoms with Gasteiger partial charge >= 0.3 is 5.84 Å². The molecule has 2 heterocycles. The minimum atomic E-state index is -4.68. The molecule has 8 heteroatoms. The summed E-state index contributed by atoms with van der Waals surface area (Å²) in [6.07, 6.45) is 5.30. The molecule has 0 amide bonds. The molecule has 28 heavy (non-hydrogen) atoms. The lowest BCUT2D eigenvalue weighted by Gasteiger charge is -2.27. The van der Waals surface area contributed by atoms with Gasteiger partial charge in [0.05, 0.1) is 10.9 Å². The Labute approximate surface area is 163 Å². The number of amidine groups is 1. The van der Waals surface area contributed by atoms with Crippen molar-refractivity contribution >= 4 is 22.4 Å². The molecule has 0 N–H and O–H groups in total. The van der Waals surface area contributed by atoms with E-state index in [1.54, 1.807) is 23.2 Å². The second-order valence-electron chi connectivity index (χ2n) is 6.81. The molecule has 1 unspecified atom stereocenters. The summed E-state index contributed by atoms with van der Waals surface area (Å²) in [6, 6.07) is 13.1. The standard InChI is InChI=1S/C20H18ClN2O5/c1-14-9-10-22-12-16(13-23(19(22)11-14)28-21(25,26)27)20(24)18-8-4-6-15-5-2-3-7-17(15)18/h2-11,16H,12-13H2,1H3/q+1. The molecule has 2 aliphatic heterocycles. The average Bonchev–Trinajstić information content (AvgIpc) is 2.66. The van der Waals surface area contributed by atoms with Gasteiger partial charge in [-0.3, -0.25) is 4.79 Å². The van der Waals surface area contributed by atoms with Crippen LogP contribution in [-0.2, 0) is 4.39 Å². The molecule has 0 saturated carbocycles. The Hall–Kier alpha value is -2.71. The van der Waals surface area contributed by atoms with Gasteiger partial charge in [-0.15, -0.1) is 0 Å². The number of halogens is 1. The molecule has 2 aromatic rings. The molecule has 144 valence electrons. The van der Waals surface area contributed by atoms with Crippen molar-refractivity contribution in [1.82, 2.24) is 4.90 Å². The largest absolute Gasteiger partial charge is 0.330 e. The SMILES string of the molecule is CC1=CC2=[N+](O[Cl+3]([O-])([O-])[O-])CC(C(=O)c3cccc4ccccc34)CN2C=C1. The Morgan fingerprint density at radius 3 is 2.71 bits per heavy atom. The van der Waals surface area contributed by atoms with Gasteiger partial charge in [0.25, 0.3) is 0 Å². The highest BCUT2D eigenvalue weighted by Crippen LogP contribution is 2.25. The molecule has 0 bridgehead atoms. The van der Waals surface area contributed by atoms with Crippen LogP contribution in [0.3, 0.4) is 0 Å². The Kier molecular flexibility index (Phi) is 4.68. The lowest BCUT2D eigenvalue weighted by Crippen LogP contribution is -2.64. The fourth-order valence-electron chi connectivity index (χ4n) is 3.57. The van der Waals surface area contributed by atoms with Crippen LogP contribution in [0.15, 0.2) is 66.4 Å². The van der Waals surface area contributed by atoms with Crippen LogP contribution in [0.2, 0.25) is 0 Å². The summed E-state index contributed by atoms with van der Waals surface area (Å²) in [7, 11) is -4.68. The van der Waals surface area contributed by atoms with Gasteiger partial charge in [0.2, 0.25) is 0 Å². The van der Waals surface area contributed by atoms with E-state index in [0.29, 0.717) is 17.9 Å². The fraction of sp³-hybridized carbons (Fsp3) is 0.200. The number of Topliss-reactive ketones (excluding diaryl/α,β-unsaturated/α-hetero) is 1. The lowest BCUT2D eigenvalue weighted by atomic mass is 9.92. The second-order valence-corrected chi connectivity index (χ2v) is 7.70. The van der Waals surface area contributed by atoms with E-state index < -0.39 is 16.2 Å².